The highest BCUT2D eigenvalue weighted by Crippen LogP contribution is 2.16. The van der Waals surface area contributed by atoms with E-state index < -0.39 is 0 Å². The summed E-state index contributed by atoms with van der Waals surface area (Å²) < 4.78 is 5.82. The summed E-state index contributed by atoms with van der Waals surface area (Å²) in [7, 11) is 2.16. The van der Waals surface area contributed by atoms with Gasteiger partial charge in [0.15, 0.2) is 0 Å². The molecule has 0 bridgehead atoms. The zero-order valence-corrected chi connectivity index (χ0v) is 12.9. The zero-order chi connectivity index (χ0) is 15.1. The van der Waals surface area contributed by atoms with Crippen molar-refractivity contribution < 1.29 is 9.84 Å². The van der Waals surface area contributed by atoms with Crippen LogP contribution >= 0.6 is 0 Å². The number of aliphatic hydroxyl groups is 1. The van der Waals surface area contributed by atoms with Gasteiger partial charge in [-0.3, -0.25) is 4.90 Å². The minimum absolute atomic E-state index is 0.108. The molecule has 1 fully saturated rings. The van der Waals surface area contributed by atoms with Crippen molar-refractivity contribution in [2.24, 2.45) is 0 Å². The van der Waals surface area contributed by atoms with Gasteiger partial charge in [0.1, 0.15) is 19.0 Å². The molecule has 0 aromatic heterocycles. The molecule has 0 radical (unpaired) electrons. The summed E-state index contributed by atoms with van der Waals surface area (Å²) in [6, 6.07) is 5.90. The molecule has 0 amide bonds. The summed E-state index contributed by atoms with van der Waals surface area (Å²) >= 11 is 0. The number of aryl methyl sites for hydroxylation is 1. The van der Waals surface area contributed by atoms with E-state index in [-0.39, 0.29) is 6.61 Å². The molecule has 1 saturated heterocycles. The van der Waals surface area contributed by atoms with Gasteiger partial charge in [0.05, 0.1) is 0 Å². The fraction of sp³-hybridized carbons (Fsp3) is 0.529. The van der Waals surface area contributed by atoms with Crippen molar-refractivity contribution >= 4 is 0 Å². The Kier molecular flexibility index (Phi) is 6.06. The van der Waals surface area contributed by atoms with Gasteiger partial charge in [-0.15, -0.1) is 0 Å². The summed E-state index contributed by atoms with van der Waals surface area (Å²) in [4.78, 5) is 4.79. The van der Waals surface area contributed by atoms with Gasteiger partial charge in [-0.25, -0.2) is 0 Å². The third-order valence-electron chi connectivity index (χ3n) is 3.77. The average Bonchev–Trinajstić information content (AvgIpc) is 2.48. The molecule has 1 aliphatic rings. The molecule has 2 rings (SSSR count). The second-order valence-corrected chi connectivity index (χ2v) is 5.43. The predicted octanol–water partition coefficient (Wildman–Crippen LogP) is 0.965. The maximum Gasteiger partial charge on any atom is 0.119 e. The lowest BCUT2D eigenvalue weighted by atomic mass is 10.1. The smallest absolute Gasteiger partial charge is 0.119 e. The van der Waals surface area contributed by atoms with Crippen molar-refractivity contribution in [3.8, 4) is 17.6 Å². The zero-order valence-electron chi connectivity index (χ0n) is 12.9. The van der Waals surface area contributed by atoms with E-state index >= 15 is 0 Å². The fourth-order valence-electron chi connectivity index (χ4n) is 2.37. The highest BCUT2D eigenvalue weighted by Gasteiger charge is 2.13. The molecule has 0 unspecified atom stereocenters. The van der Waals surface area contributed by atoms with Crippen LogP contribution in [0.2, 0.25) is 0 Å². The van der Waals surface area contributed by atoms with Gasteiger partial charge < -0.3 is 14.7 Å². The molecule has 21 heavy (non-hydrogen) atoms. The van der Waals surface area contributed by atoms with Crippen LogP contribution in [0.25, 0.3) is 0 Å². The Balaban J connectivity index is 1.79. The van der Waals surface area contributed by atoms with Crippen molar-refractivity contribution in [2.75, 3.05) is 53.0 Å². The number of likely N-dealkylation sites (N-methyl/N-ethyl adjacent to an activating group) is 1. The maximum absolute atomic E-state index is 8.72. The van der Waals surface area contributed by atoms with Crippen LogP contribution in [0, 0.1) is 18.8 Å². The summed E-state index contributed by atoms with van der Waals surface area (Å²) in [5, 5.41) is 8.72. The van der Waals surface area contributed by atoms with E-state index in [9.17, 15) is 0 Å². The number of nitrogens with zero attached hydrogens (tertiary/aromatic N) is 2. The minimum Gasteiger partial charge on any atom is -0.492 e. The molecular weight excluding hydrogens is 264 g/mol. The van der Waals surface area contributed by atoms with E-state index in [0.29, 0.717) is 6.61 Å². The minimum atomic E-state index is -0.108. The molecular formula is C17H24N2O2. The second kappa shape index (κ2) is 8.04. The Labute approximate surface area is 127 Å². The highest BCUT2D eigenvalue weighted by atomic mass is 16.5. The lowest BCUT2D eigenvalue weighted by Crippen LogP contribution is -2.45. The van der Waals surface area contributed by atoms with E-state index in [0.717, 1.165) is 49.6 Å². The third-order valence-corrected chi connectivity index (χ3v) is 3.77. The molecule has 4 nitrogen and oxygen atoms in total. The number of hydrogen-bond donors (Lipinski definition) is 1. The van der Waals surface area contributed by atoms with Crippen LogP contribution in [0.4, 0.5) is 0 Å². The molecule has 114 valence electrons. The molecule has 0 aliphatic carbocycles. The summed E-state index contributed by atoms with van der Waals surface area (Å²) in [6.45, 7) is 8.10. The first-order valence-electron chi connectivity index (χ1n) is 7.43. The molecule has 1 N–H and O–H groups in total. The standard InChI is InChI=1S/C17H24N2O2/c1-15-14-17(6-5-16(15)4-3-12-20)21-13-11-19-9-7-18(2)8-10-19/h5-6,14,20H,7-13H2,1-2H3. The first-order chi connectivity index (χ1) is 10.2. The molecule has 0 atom stereocenters. The number of hydrogen-bond acceptors (Lipinski definition) is 4. The topological polar surface area (TPSA) is 35.9 Å². The Bertz CT molecular complexity index is 511. The normalized spacial score (nSPS) is 16.3. The van der Waals surface area contributed by atoms with Crippen molar-refractivity contribution in [1.82, 2.24) is 9.80 Å². The van der Waals surface area contributed by atoms with E-state index in [1.807, 2.05) is 25.1 Å². The van der Waals surface area contributed by atoms with Crippen LogP contribution in [0.1, 0.15) is 11.1 Å². The Morgan fingerprint density at radius 2 is 2.00 bits per heavy atom. The molecule has 1 aromatic carbocycles. The maximum atomic E-state index is 8.72. The Morgan fingerprint density at radius 3 is 2.67 bits per heavy atom. The van der Waals surface area contributed by atoms with E-state index in [1.54, 1.807) is 0 Å². The summed E-state index contributed by atoms with van der Waals surface area (Å²) in [6.07, 6.45) is 0. The predicted molar refractivity (Wildman–Crippen MR) is 84.6 cm³/mol. The fourth-order valence-corrected chi connectivity index (χ4v) is 2.37. The van der Waals surface area contributed by atoms with Crippen LogP contribution in [-0.2, 0) is 0 Å². The number of ether oxygens (including phenoxy) is 1. The average molecular weight is 288 g/mol. The third kappa shape index (κ3) is 5.05. The largest absolute Gasteiger partial charge is 0.492 e. The molecule has 1 heterocycles. The molecule has 0 saturated carbocycles. The monoisotopic (exact) mass is 288 g/mol. The summed E-state index contributed by atoms with van der Waals surface area (Å²) in [5.74, 6) is 6.49. The van der Waals surface area contributed by atoms with E-state index in [4.69, 9.17) is 9.84 Å². The SMILES string of the molecule is Cc1cc(OCCN2CCN(C)CC2)ccc1C#CCO. The lowest BCUT2D eigenvalue weighted by molar-refractivity contribution is 0.133. The molecule has 4 heteroatoms. The van der Waals surface area contributed by atoms with Crippen LogP contribution in [0.5, 0.6) is 5.75 Å². The Hall–Kier alpha value is -1.54. The molecule has 1 aromatic rings. The molecule has 1 aliphatic heterocycles. The van der Waals surface area contributed by atoms with Crippen LogP contribution < -0.4 is 4.74 Å². The van der Waals surface area contributed by atoms with Gasteiger partial charge in [0, 0.05) is 38.3 Å². The Morgan fingerprint density at radius 1 is 1.24 bits per heavy atom. The highest BCUT2D eigenvalue weighted by molar-refractivity contribution is 5.44. The number of aliphatic hydroxyl groups excluding tert-OH is 1. The van der Waals surface area contributed by atoms with Gasteiger partial charge in [-0.2, -0.15) is 0 Å². The summed E-state index contributed by atoms with van der Waals surface area (Å²) in [5.41, 5.74) is 2.02. The van der Waals surface area contributed by atoms with Gasteiger partial charge >= 0.3 is 0 Å². The number of rotatable bonds is 4. The number of benzene rings is 1. The number of piperazine rings is 1. The first kappa shape index (κ1) is 15.8. The van der Waals surface area contributed by atoms with Crippen LogP contribution in [-0.4, -0.2) is 67.9 Å². The van der Waals surface area contributed by atoms with Crippen LogP contribution in [0.3, 0.4) is 0 Å². The van der Waals surface area contributed by atoms with Crippen molar-refractivity contribution in [3.05, 3.63) is 29.3 Å². The van der Waals surface area contributed by atoms with Crippen molar-refractivity contribution in [1.29, 1.82) is 0 Å². The van der Waals surface area contributed by atoms with Gasteiger partial charge in [0.25, 0.3) is 0 Å². The van der Waals surface area contributed by atoms with Gasteiger partial charge in [-0.05, 0) is 37.7 Å². The van der Waals surface area contributed by atoms with Crippen molar-refractivity contribution in [2.45, 2.75) is 6.92 Å². The van der Waals surface area contributed by atoms with Gasteiger partial charge in [-0.1, -0.05) is 11.8 Å². The second-order valence-electron chi connectivity index (χ2n) is 5.43. The van der Waals surface area contributed by atoms with Crippen LogP contribution in [0.15, 0.2) is 18.2 Å². The van der Waals surface area contributed by atoms with Crippen molar-refractivity contribution in [3.63, 3.8) is 0 Å². The first-order valence-corrected chi connectivity index (χ1v) is 7.43. The quantitative estimate of drug-likeness (QED) is 0.838. The van der Waals surface area contributed by atoms with E-state index in [1.165, 1.54) is 0 Å². The van der Waals surface area contributed by atoms with E-state index in [2.05, 4.69) is 28.7 Å². The molecule has 0 spiro atoms. The lowest BCUT2D eigenvalue weighted by Gasteiger charge is -2.32. The van der Waals surface area contributed by atoms with Gasteiger partial charge in [0.2, 0.25) is 0 Å².